The van der Waals surface area contributed by atoms with Gasteiger partial charge in [0.25, 0.3) is 0 Å². The molecule has 0 N–H and O–H groups in total. The van der Waals surface area contributed by atoms with E-state index in [-0.39, 0.29) is 0 Å². The van der Waals surface area contributed by atoms with E-state index in [1.165, 1.54) is 5.69 Å². The number of nitrogens with zero attached hydrogens (tertiary/aromatic N) is 6. The van der Waals surface area contributed by atoms with Gasteiger partial charge in [-0.1, -0.05) is 18.2 Å². The molecule has 26 heavy (non-hydrogen) atoms. The number of hydrogen-bond donors (Lipinski definition) is 0. The highest BCUT2D eigenvalue weighted by atomic mass is 15.3. The maximum Gasteiger partial charge on any atom is 0.228 e. The smallest absolute Gasteiger partial charge is 0.228 e. The third-order valence-corrected chi connectivity index (χ3v) is 4.24. The molecular formula is C20H24N6. The molecule has 0 aliphatic carbocycles. The van der Waals surface area contributed by atoms with Crippen molar-refractivity contribution >= 4 is 35.0 Å². The fraction of sp³-hybridized carbons (Fsp3) is 0.300. The molecule has 6 heteroatoms. The van der Waals surface area contributed by atoms with Crippen molar-refractivity contribution in [3.05, 3.63) is 47.9 Å². The van der Waals surface area contributed by atoms with Crippen molar-refractivity contribution < 1.29 is 0 Å². The Morgan fingerprint density at radius 1 is 0.885 bits per heavy atom. The van der Waals surface area contributed by atoms with Crippen LogP contribution in [0.25, 0.3) is 23.3 Å². The Labute approximate surface area is 154 Å². The lowest BCUT2D eigenvalue weighted by Crippen LogP contribution is -2.24. The normalized spacial score (nSPS) is 11.2. The molecule has 0 bridgehead atoms. The van der Waals surface area contributed by atoms with Gasteiger partial charge in [-0.15, -0.1) is 0 Å². The molecule has 3 rings (SSSR count). The van der Waals surface area contributed by atoms with Gasteiger partial charge in [-0.05, 0) is 37.6 Å². The number of rotatable bonds is 6. The summed E-state index contributed by atoms with van der Waals surface area (Å²) in [4.78, 5) is 22.3. The van der Waals surface area contributed by atoms with Crippen molar-refractivity contribution in [1.82, 2.24) is 19.9 Å². The summed E-state index contributed by atoms with van der Waals surface area (Å²) >= 11 is 0. The zero-order chi connectivity index (χ0) is 18.5. The molecule has 0 aliphatic heterocycles. The van der Waals surface area contributed by atoms with Gasteiger partial charge in [0.2, 0.25) is 5.95 Å². The minimum Gasteiger partial charge on any atom is -0.378 e. The average Bonchev–Trinajstić information content (AvgIpc) is 2.67. The van der Waals surface area contributed by atoms with E-state index in [0.29, 0.717) is 17.1 Å². The van der Waals surface area contributed by atoms with Crippen molar-refractivity contribution in [2.24, 2.45) is 0 Å². The van der Waals surface area contributed by atoms with Crippen molar-refractivity contribution in [2.75, 3.05) is 37.0 Å². The van der Waals surface area contributed by atoms with E-state index in [4.69, 9.17) is 4.98 Å². The summed E-state index contributed by atoms with van der Waals surface area (Å²) in [6.45, 7) is 5.87. The summed E-state index contributed by atoms with van der Waals surface area (Å²) in [6.07, 6.45) is 7.36. The van der Waals surface area contributed by atoms with Crippen LogP contribution in [0.5, 0.6) is 0 Å². The second-order valence-electron chi connectivity index (χ2n) is 6.13. The Balaban J connectivity index is 1.99. The van der Waals surface area contributed by atoms with Crippen molar-refractivity contribution in [1.29, 1.82) is 0 Å². The van der Waals surface area contributed by atoms with Crippen LogP contribution in [0.4, 0.5) is 11.6 Å². The van der Waals surface area contributed by atoms with Gasteiger partial charge in [0.05, 0.1) is 5.69 Å². The third kappa shape index (κ3) is 3.79. The predicted octanol–water partition coefficient (Wildman–Crippen LogP) is 3.50. The molecule has 0 saturated heterocycles. The fourth-order valence-electron chi connectivity index (χ4n) is 2.70. The minimum atomic E-state index is 0.618. The Morgan fingerprint density at radius 2 is 1.58 bits per heavy atom. The van der Waals surface area contributed by atoms with Gasteiger partial charge in [0.1, 0.15) is 5.52 Å². The summed E-state index contributed by atoms with van der Waals surface area (Å²) < 4.78 is 0. The first-order valence-electron chi connectivity index (χ1n) is 8.81. The summed E-state index contributed by atoms with van der Waals surface area (Å²) in [5.41, 5.74) is 4.39. The molecule has 2 aromatic heterocycles. The standard InChI is InChI=1S/C20H24N6/c1-5-26(6-2)20-23-17(18-19(24-20)22-14-13-21-18)12-9-15-7-10-16(11-8-15)25(3)4/h7-14H,5-6H2,1-4H3/b12-9-. The molecule has 6 nitrogen and oxygen atoms in total. The number of fused-ring (bicyclic) bond motifs is 1. The first kappa shape index (κ1) is 17.8. The van der Waals surface area contributed by atoms with Crippen molar-refractivity contribution in [3.8, 4) is 0 Å². The van der Waals surface area contributed by atoms with Crippen LogP contribution in [-0.4, -0.2) is 47.1 Å². The largest absolute Gasteiger partial charge is 0.378 e. The molecule has 0 atom stereocenters. The van der Waals surface area contributed by atoms with Crippen LogP contribution < -0.4 is 9.80 Å². The monoisotopic (exact) mass is 348 g/mol. The Bertz CT molecular complexity index is 898. The Kier molecular flexibility index (Phi) is 5.41. The maximum absolute atomic E-state index is 4.72. The zero-order valence-corrected chi connectivity index (χ0v) is 15.7. The molecular weight excluding hydrogens is 324 g/mol. The van der Waals surface area contributed by atoms with E-state index >= 15 is 0 Å². The van der Waals surface area contributed by atoms with E-state index in [1.807, 2.05) is 26.2 Å². The number of anilines is 2. The molecule has 2 heterocycles. The van der Waals surface area contributed by atoms with Gasteiger partial charge in [-0.25, -0.2) is 15.0 Å². The van der Waals surface area contributed by atoms with Crippen LogP contribution >= 0.6 is 0 Å². The number of aromatic nitrogens is 4. The summed E-state index contributed by atoms with van der Waals surface area (Å²) in [6, 6.07) is 8.37. The molecule has 0 amide bonds. The van der Waals surface area contributed by atoms with Crippen molar-refractivity contribution in [3.63, 3.8) is 0 Å². The predicted molar refractivity (Wildman–Crippen MR) is 108 cm³/mol. The lowest BCUT2D eigenvalue weighted by Gasteiger charge is -2.18. The molecule has 0 radical (unpaired) electrons. The first-order valence-corrected chi connectivity index (χ1v) is 8.81. The number of hydrogen-bond acceptors (Lipinski definition) is 6. The van der Waals surface area contributed by atoms with Crippen LogP contribution in [0, 0.1) is 0 Å². The molecule has 0 spiro atoms. The van der Waals surface area contributed by atoms with E-state index in [1.54, 1.807) is 12.4 Å². The maximum atomic E-state index is 4.72. The van der Waals surface area contributed by atoms with Crippen LogP contribution in [0.1, 0.15) is 25.1 Å². The molecule has 0 saturated carbocycles. The Morgan fingerprint density at radius 3 is 2.23 bits per heavy atom. The van der Waals surface area contributed by atoms with Crippen LogP contribution in [0.15, 0.2) is 36.7 Å². The quantitative estimate of drug-likeness (QED) is 0.679. The highest BCUT2D eigenvalue weighted by Gasteiger charge is 2.11. The van der Waals surface area contributed by atoms with E-state index in [0.717, 1.165) is 24.3 Å². The molecule has 134 valence electrons. The van der Waals surface area contributed by atoms with E-state index in [9.17, 15) is 0 Å². The Hall–Kier alpha value is -3.02. The van der Waals surface area contributed by atoms with Gasteiger partial charge in [0.15, 0.2) is 5.65 Å². The minimum absolute atomic E-state index is 0.618. The van der Waals surface area contributed by atoms with Gasteiger partial charge in [-0.2, -0.15) is 4.98 Å². The molecule has 0 aliphatic rings. The van der Waals surface area contributed by atoms with Gasteiger partial charge < -0.3 is 9.80 Å². The van der Waals surface area contributed by atoms with Gasteiger partial charge in [0, 0.05) is 45.3 Å². The highest BCUT2D eigenvalue weighted by Crippen LogP contribution is 2.19. The van der Waals surface area contributed by atoms with Crippen molar-refractivity contribution in [2.45, 2.75) is 13.8 Å². The zero-order valence-electron chi connectivity index (χ0n) is 15.7. The van der Waals surface area contributed by atoms with Crippen LogP contribution in [-0.2, 0) is 0 Å². The van der Waals surface area contributed by atoms with E-state index in [2.05, 4.69) is 62.9 Å². The van der Waals surface area contributed by atoms with Gasteiger partial charge in [-0.3, -0.25) is 0 Å². The highest BCUT2D eigenvalue weighted by molar-refractivity contribution is 5.84. The summed E-state index contributed by atoms with van der Waals surface area (Å²) in [7, 11) is 4.07. The van der Waals surface area contributed by atoms with Crippen LogP contribution in [0.2, 0.25) is 0 Å². The second kappa shape index (κ2) is 7.91. The first-order chi connectivity index (χ1) is 12.6. The van der Waals surface area contributed by atoms with Crippen LogP contribution in [0.3, 0.4) is 0 Å². The lowest BCUT2D eigenvalue weighted by molar-refractivity contribution is 0.823. The molecule has 3 aromatic rings. The average molecular weight is 348 g/mol. The molecule has 1 aromatic carbocycles. The summed E-state index contributed by atoms with van der Waals surface area (Å²) in [5.74, 6) is 0.686. The molecule has 0 fully saturated rings. The summed E-state index contributed by atoms with van der Waals surface area (Å²) in [5, 5.41) is 0. The van der Waals surface area contributed by atoms with Gasteiger partial charge >= 0.3 is 0 Å². The molecule has 0 unspecified atom stereocenters. The SMILES string of the molecule is CCN(CC)c1nc(/C=C\c2ccc(N(C)C)cc2)c2nccnc2n1. The lowest BCUT2D eigenvalue weighted by atomic mass is 10.1. The van der Waals surface area contributed by atoms with E-state index < -0.39 is 0 Å². The topological polar surface area (TPSA) is 58.0 Å². The number of benzene rings is 1. The third-order valence-electron chi connectivity index (χ3n) is 4.24. The fourth-order valence-corrected chi connectivity index (χ4v) is 2.70. The second-order valence-corrected chi connectivity index (χ2v) is 6.13.